The van der Waals surface area contributed by atoms with E-state index < -0.39 is 0 Å². The Morgan fingerprint density at radius 1 is 1.50 bits per heavy atom. The molecule has 1 atom stereocenters. The van der Waals surface area contributed by atoms with Gasteiger partial charge in [-0.3, -0.25) is 9.59 Å². The van der Waals surface area contributed by atoms with Gasteiger partial charge in [-0.05, 0) is 19.1 Å². The number of nitrogens with one attached hydrogen (secondary N) is 1. The van der Waals surface area contributed by atoms with E-state index in [4.69, 9.17) is 21.1 Å². The lowest BCUT2D eigenvalue weighted by molar-refractivity contribution is -0.126. The fourth-order valence-corrected chi connectivity index (χ4v) is 2.63. The molecular weight excluding hydrogens is 308 g/mol. The average molecular weight is 327 g/mol. The maximum absolute atomic E-state index is 12.3. The second kappa shape index (κ2) is 6.87. The number of hydrogen-bond acceptors (Lipinski definition) is 4. The molecule has 0 bridgehead atoms. The third kappa shape index (κ3) is 3.44. The number of likely N-dealkylation sites (N-methyl/N-ethyl adjacent to an activating group) is 1. The van der Waals surface area contributed by atoms with Gasteiger partial charge in [0.15, 0.2) is 11.5 Å². The SMILES string of the molecule is CCOc1c(Cl)cc(C(=O)N[C@@H]2CC(=O)N(C)C2)cc1OC. The number of ether oxygens (including phenoxy) is 2. The van der Waals surface area contributed by atoms with Crippen molar-refractivity contribution in [3.63, 3.8) is 0 Å². The largest absolute Gasteiger partial charge is 0.493 e. The summed E-state index contributed by atoms with van der Waals surface area (Å²) in [6, 6.07) is 2.92. The van der Waals surface area contributed by atoms with Crippen LogP contribution in [0.2, 0.25) is 5.02 Å². The number of nitrogens with zero attached hydrogens (tertiary/aromatic N) is 1. The minimum atomic E-state index is -0.295. The quantitative estimate of drug-likeness (QED) is 0.894. The van der Waals surface area contributed by atoms with Gasteiger partial charge in [0.1, 0.15) is 0 Å². The molecule has 22 heavy (non-hydrogen) atoms. The van der Waals surface area contributed by atoms with E-state index >= 15 is 0 Å². The van der Waals surface area contributed by atoms with Crippen LogP contribution in [0.5, 0.6) is 11.5 Å². The second-order valence-corrected chi connectivity index (χ2v) is 5.48. The van der Waals surface area contributed by atoms with Crippen molar-refractivity contribution in [1.29, 1.82) is 0 Å². The number of halogens is 1. The standard InChI is InChI=1S/C15H19ClN2O4/c1-4-22-14-11(16)5-9(6-12(14)21-3)15(20)17-10-7-13(19)18(2)8-10/h5-6,10H,4,7-8H2,1-3H3,(H,17,20)/t10-/m1/s1. The highest BCUT2D eigenvalue weighted by atomic mass is 35.5. The first-order valence-electron chi connectivity index (χ1n) is 7.01. The molecule has 7 heteroatoms. The van der Waals surface area contributed by atoms with Gasteiger partial charge in [0.2, 0.25) is 5.91 Å². The molecule has 6 nitrogen and oxygen atoms in total. The predicted octanol–water partition coefficient (Wildman–Crippen LogP) is 1.71. The van der Waals surface area contributed by atoms with E-state index in [-0.39, 0.29) is 17.9 Å². The van der Waals surface area contributed by atoms with Crippen molar-refractivity contribution >= 4 is 23.4 Å². The van der Waals surface area contributed by atoms with Crippen LogP contribution in [-0.4, -0.2) is 50.1 Å². The Labute approximate surface area is 134 Å². The van der Waals surface area contributed by atoms with Gasteiger partial charge in [-0.2, -0.15) is 0 Å². The van der Waals surface area contributed by atoms with Crippen LogP contribution in [0.15, 0.2) is 12.1 Å². The lowest BCUT2D eigenvalue weighted by Crippen LogP contribution is -2.36. The van der Waals surface area contributed by atoms with Gasteiger partial charge in [0.05, 0.1) is 24.8 Å². The second-order valence-electron chi connectivity index (χ2n) is 5.07. The lowest BCUT2D eigenvalue weighted by atomic mass is 10.1. The summed E-state index contributed by atoms with van der Waals surface area (Å²) in [6.07, 6.45) is 0.310. The Bertz CT molecular complexity index is 591. The van der Waals surface area contributed by atoms with Gasteiger partial charge < -0.3 is 19.7 Å². The summed E-state index contributed by atoms with van der Waals surface area (Å²) >= 11 is 6.15. The van der Waals surface area contributed by atoms with Crippen LogP contribution in [0.4, 0.5) is 0 Å². The van der Waals surface area contributed by atoms with E-state index in [9.17, 15) is 9.59 Å². The monoisotopic (exact) mass is 326 g/mol. The van der Waals surface area contributed by atoms with Gasteiger partial charge in [0.25, 0.3) is 5.91 Å². The first-order valence-corrected chi connectivity index (χ1v) is 7.39. The van der Waals surface area contributed by atoms with E-state index in [1.807, 2.05) is 6.92 Å². The van der Waals surface area contributed by atoms with Crippen molar-refractivity contribution in [3.05, 3.63) is 22.7 Å². The van der Waals surface area contributed by atoms with Gasteiger partial charge >= 0.3 is 0 Å². The molecule has 1 aliphatic rings. The summed E-state index contributed by atoms with van der Waals surface area (Å²) in [6.45, 7) is 2.79. The third-order valence-electron chi connectivity index (χ3n) is 3.46. The highest BCUT2D eigenvalue weighted by molar-refractivity contribution is 6.32. The molecule has 0 saturated carbocycles. The summed E-state index contributed by atoms with van der Waals surface area (Å²) in [7, 11) is 3.20. The number of carbonyl (C=O) groups excluding carboxylic acids is 2. The van der Waals surface area contributed by atoms with E-state index in [0.29, 0.717) is 41.7 Å². The van der Waals surface area contributed by atoms with Gasteiger partial charge in [-0.25, -0.2) is 0 Å². The molecule has 1 fully saturated rings. The number of methoxy groups -OCH3 is 1. The van der Waals surface area contributed by atoms with Gasteiger partial charge in [-0.1, -0.05) is 11.6 Å². The Morgan fingerprint density at radius 3 is 2.77 bits per heavy atom. The zero-order valence-corrected chi connectivity index (χ0v) is 13.6. The molecule has 2 amide bonds. The summed E-state index contributed by atoms with van der Waals surface area (Å²) in [5.74, 6) is 0.544. The average Bonchev–Trinajstić information content (AvgIpc) is 2.79. The van der Waals surface area contributed by atoms with Gasteiger partial charge in [-0.15, -0.1) is 0 Å². The van der Waals surface area contributed by atoms with Crippen LogP contribution in [0.1, 0.15) is 23.7 Å². The number of likely N-dealkylation sites (tertiary alicyclic amines) is 1. The predicted molar refractivity (Wildman–Crippen MR) is 82.7 cm³/mol. The highest BCUT2D eigenvalue weighted by Crippen LogP contribution is 2.36. The molecule has 0 spiro atoms. The zero-order chi connectivity index (χ0) is 16.3. The molecule has 1 saturated heterocycles. The van der Waals surface area contributed by atoms with Gasteiger partial charge in [0, 0.05) is 25.6 Å². The van der Waals surface area contributed by atoms with Crippen molar-refractivity contribution < 1.29 is 19.1 Å². The van der Waals surface area contributed by atoms with Crippen LogP contribution in [0, 0.1) is 0 Å². The smallest absolute Gasteiger partial charge is 0.251 e. The first-order chi connectivity index (χ1) is 10.5. The van der Waals surface area contributed by atoms with E-state index in [2.05, 4.69) is 5.32 Å². The highest BCUT2D eigenvalue weighted by Gasteiger charge is 2.28. The fraction of sp³-hybridized carbons (Fsp3) is 0.467. The molecule has 0 unspecified atom stereocenters. The molecular formula is C15H19ClN2O4. The Kier molecular flexibility index (Phi) is 5.13. The van der Waals surface area contributed by atoms with Crippen molar-refractivity contribution in [2.24, 2.45) is 0 Å². The molecule has 0 aromatic heterocycles. The Balaban J connectivity index is 2.16. The van der Waals surface area contributed by atoms with Crippen molar-refractivity contribution in [1.82, 2.24) is 10.2 Å². The summed E-state index contributed by atoms with van der Waals surface area (Å²) in [5, 5.41) is 3.14. The molecule has 1 heterocycles. The van der Waals surface area contributed by atoms with Crippen LogP contribution < -0.4 is 14.8 Å². The molecule has 0 radical (unpaired) electrons. The summed E-state index contributed by atoms with van der Waals surface area (Å²) in [5.41, 5.74) is 0.368. The van der Waals surface area contributed by atoms with Crippen LogP contribution >= 0.6 is 11.6 Å². The van der Waals surface area contributed by atoms with Crippen LogP contribution in [0.25, 0.3) is 0 Å². The number of carbonyl (C=O) groups is 2. The first kappa shape index (κ1) is 16.4. The Hall–Kier alpha value is -1.95. The fourth-order valence-electron chi connectivity index (χ4n) is 2.36. The number of hydrogen-bond donors (Lipinski definition) is 1. The van der Waals surface area contributed by atoms with E-state index in [1.165, 1.54) is 13.2 Å². The number of amides is 2. The van der Waals surface area contributed by atoms with E-state index in [1.54, 1.807) is 18.0 Å². The van der Waals surface area contributed by atoms with Crippen molar-refractivity contribution in [3.8, 4) is 11.5 Å². The molecule has 0 aliphatic carbocycles. The third-order valence-corrected chi connectivity index (χ3v) is 3.74. The molecule has 1 aliphatic heterocycles. The molecule has 2 rings (SSSR count). The van der Waals surface area contributed by atoms with E-state index in [0.717, 1.165) is 0 Å². The maximum atomic E-state index is 12.3. The van der Waals surface area contributed by atoms with Crippen LogP contribution in [-0.2, 0) is 4.79 Å². The van der Waals surface area contributed by atoms with Crippen LogP contribution in [0.3, 0.4) is 0 Å². The minimum Gasteiger partial charge on any atom is -0.493 e. The van der Waals surface area contributed by atoms with Crippen molar-refractivity contribution in [2.45, 2.75) is 19.4 Å². The summed E-state index contributed by atoms with van der Waals surface area (Å²) < 4.78 is 10.6. The maximum Gasteiger partial charge on any atom is 0.251 e. The normalized spacial score (nSPS) is 17.5. The molecule has 1 aromatic carbocycles. The molecule has 1 N–H and O–H groups in total. The lowest BCUT2D eigenvalue weighted by Gasteiger charge is -2.15. The zero-order valence-electron chi connectivity index (χ0n) is 12.8. The Morgan fingerprint density at radius 2 is 2.23 bits per heavy atom. The van der Waals surface area contributed by atoms with Crippen molar-refractivity contribution in [2.75, 3.05) is 27.3 Å². The molecule has 1 aromatic rings. The number of rotatable bonds is 5. The number of benzene rings is 1. The topological polar surface area (TPSA) is 67.9 Å². The molecule has 120 valence electrons. The minimum absolute atomic E-state index is 0.0209. The summed E-state index contributed by atoms with van der Waals surface area (Å²) in [4.78, 5) is 25.4.